The molecule has 80 valence electrons. The van der Waals surface area contributed by atoms with Crippen LogP contribution in [0.5, 0.6) is 0 Å². The summed E-state index contributed by atoms with van der Waals surface area (Å²) in [6.07, 6.45) is -1.94. The quantitative estimate of drug-likeness (QED) is 0.590. The molecule has 0 spiro atoms. The minimum absolute atomic E-state index is 0.0695. The van der Waals surface area contributed by atoms with Gasteiger partial charge in [-0.05, 0) is 0 Å². The van der Waals surface area contributed by atoms with Gasteiger partial charge in [-0.2, -0.15) is 0 Å². The first-order valence-corrected chi connectivity index (χ1v) is 4.70. The lowest BCUT2D eigenvalue weighted by molar-refractivity contribution is -0.151. The van der Waals surface area contributed by atoms with Crippen molar-refractivity contribution in [1.29, 1.82) is 0 Å². The van der Waals surface area contributed by atoms with Gasteiger partial charge in [-0.3, -0.25) is 9.69 Å². The fourth-order valence-corrected chi connectivity index (χ4v) is 2.59. The van der Waals surface area contributed by atoms with Crippen LogP contribution in [0.25, 0.3) is 0 Å². The van der Waals surface area contributed by atoms with Crippen LogP contribution in [0.3, 0.4) is 0 Å². The van der Waals surface area contributed by atoms with Crippen molar-refractivity contribution in [3.05, 3.63) is 0 Å². The number of hydrogen-bond donors (Lipinski definition) is 0. The van der Waals surface area contributed by atoms with E-state index in [4.69, 9.17) is 0 Å². The van der Waals surface area contributed by atoms with Crippen molar-refractivity contribution in [1.82, 2.24) is 4.90 Å². The van der Waals surface area contributed by atoms with E-state index >= 15 is 0 Å². The number of methoxy groups -OCH3 is 1. The SMILES string of the molecule is COC(=O)[C@]12CC(F)CN1C[C@H](F)C2. The highest BCUT2D eigenvalue weighted by Gasteiger charge is 2.58. The van der Waals surface area contributed by atoms with Crippen molar-refractivity contribution in [2.45, 2.75) is 30.7 Å². The number of ether oxygens (including phenoxy) is 1. The van der Waals surface area contributed by atoms with Gasteiger partial charge < -0.3 is 4.74 Å². The molecule has 0 amide bonds. The molecule has 0 radical (unpaired) electrons. The molecule has 2 aliphatic rings. The van der Waals surface area contributed by atoms with E-state index in [2.05, 4.69) is 4.74 Å². The normalized spacial score (nSPS) is 42.5. The molecule has 3 atom stereocenters. The Labute approximate surface area is 81.0 Å². The number of esters is 1. The fraction of sp³-hybridized carbons (Fsp3) is 0.889. The topological polar surface area (TPSA) is 29.5 Å². The number of halogens is 2. The first kappa shape index (κ1) is 9.83. The number of hydrogen-bond acceptors (Lipinski definition) is 3. The Balaban J connectivity index is 2.24. The number of nitrogens with zero attached hydrogens (tertiary/aromatic N) is 1. The maximum absolute atomic E-state index is 13.1. The average molecular weight is 205 g/mol. The first-order valence-electron chi connectivity index (χ1n) is 4.70. The molecule has 5 heteroatoms. The van der Waals surface area contributed by atoms with Gasteiger partial charge in [0.25, 0.3) is 0 Å². The molecular weight excluding hydrogens is 192 g/mol. The minimum Gasteiger partial charge on any atom is -0.468 e. The third-order valence-electron chi connectivity index (χ3n) is 3.13. The van der Waals surface area contributed by atoms with Gasteiger partial charge in [0.15, 0.2) is 0 Å². The van der Waals surface area contributed by atoms with E-state index in [1.807, 2.05) is 0 Å². The average Bonchev–Trinajstić information content (AvgIpc) is 2.55. The van der Waals surface area contributed by atoms with Gasteiger partial charge >= 0.3 is 5.97 Å². The highest BCUT2D eigenvalue weighted by atomic mass is 19.1. The second kappa shape index (κ2) is 3.15. The smallest absolute Gasteiger partial charge is 0.326 e. The van der Waals surface area contributed by atoms with E-state index in [9.17, 15) is 13.6 Å². The van der Waals surface area contributed by atoms with Gasteiger partial charge in [0.05, 0.1) is 7.11 Å². The van der Waals surface area contributed by atoms with Crippen molar-refractivity contribution in [2.24, 2.45) is 0 Å². The molecule has 0 N–H and O–H groups in total. The van der Waals surface area contributed by atoms with Crippen molar-refractivity contribution in [3.63, 3.8) is 0 Å². The summed E-state index contributed by atoms with van der Waals surface area (Å²) in [4.78, 5) is 13.1. The summed E-state index contributed by atoms with van der Waals surface area (Å²) in [5, 5.41) is 0. The van der Waals surface area contributed by atoms with Crippen LogP contribution in [-0.4, -0.2) is 49.0 Å². The molecular formula is C9H13F2NO2. The van der Waals surface area contributed by atoms with E-state index in [1.54, 1.807) is 4.90 Å². The summed E-state index contributed by atoms with van der Waals surface area (Å²) in [5.74, 6) is -0.502. The summed E-state index contributed by atoms with van der Waals surface area (Å²) in [5.41, 5.74) is -1.02. The zero-order valence-corrected chi connectivity index (χ0v) is 8.00. The lowest BCUT2D eigenvalue weighted by atomic mass is 9.93. The number of fused-ring (bicyclic) bond motifs is 1. The molecule has 0 bridgehead atoms. The van der Waals surface area contributed by atoms with Crippen LogP contribution < -0.4 is 0 Å². The summed E-state index contributed by atoms with van der Waals surface area (Å²) in [7, 11) is 1.26. The van der Waals surface area contributed by atoms with Crippen LogP contribution >= 0.6 is 0 Å². The predicted molar refractivity (Wildman–Crippen MR) is 45.3 cm³/mol. The lowest BCUT2D eigenvalue weighted by Crippen LogP contribution is -2.46. The van der Waals surface area contributed by atoms with E-state index in [0.717, 1.165) is 0 Å². The fourth-order valence-electron chi connectivity index (χ4n) is 2.59. The Morgan fingerprint density at radius 2 is 1.86 bits per heavy atom. The molecule has 0 aromatic heterocycles. The van der Waals surface area contributed by atoms with Gasteiger partial charge in [0, 0.05) is 25.9 Å². The Hall–Kier alpha value is -0.710. The van der Waals surface area contributed by atoms with Crippen LogP contribution in [0.2, 0.25) is 0 Å². The highest BCUT2D eigenvalue weighted by Crippen LogP contribution is 2.41. The zero-order valence-electron chi connectivity index (χ0n) is 8.00. The van der Waals surface area contributed by atoms with Crippen LogP contribution in [0, 0.1) is 0 Å². The largest absolute Gasteiger partial charge is 0.468 e. The molecule has 2 rings (SSSR count). The molecule has 0 aromatic carbocycles. The van der Waals surface area contributed by atoms with Gasteiger partial charge in [0.1, 0.15) is 17.9 Å². The third-order valence-corrected chi connectivity index (χ3v) is 3.13. The minimum atomic E-state index is -1.04. The van der Waals surface area contributed by atoms with Crippen LogP contribution in [0.4, 0.5) is 8.78 Å². The Morgan fingerprint density at radius 1 is 1.36 bits per heavy atom. The van der Waals surface area contributed by atoms with Crippen molar-refractivity contribution in [2.75, 3.05) is 20.2 Å². The maximum Gasteiger partial charge on any atom is 0.326 e. The second-order valence-electron chi connectivity index (χ2n) is 4.03. The standard InChI is InChI=1S/C9H13F2NO2/c1-14-8(13)9-2-6(10)4-12(9)5-7(11)3-9/h6-7H,2-5H2,1H3/t6-,7?,9+/m1/s1. The van der Waals surface area contributed by atoms with Crippen molar-refractivity contribution < 1.29 is 18.3 Å². The van der Waals surface area contributed by atoms with Crippen LogP contribution in [-0.2, 0) is 9.53 Å². The van der Waals surface area contributed by atoms with Gasteiger partial charge in [-0.25, -0.2) is 8.78 Å². The zero-order chi connectivity index (χ0) is 10.3. The highest BCUT2D eigenvalue weighted by molar-refractivity contribution is 5.82. The number of alkyl halides is 2. The van der Waals surface area contributed by atoms with E-state index < -0.39 is 23.9 Å². The maximum atomic E-state index is 13.1. The molecule has 2 saturated heterocycles. The second-order valence-corrected chi connectivity index (χ2v) is 4.03. The molecule has 0 saturated carbocycles. The Bertz CT molecular complexity index is 245. The summed E-state index contributed by atoms with van der Waals surface area (Å²) in [6.45, 7) is 0.297. The van der Waals surface area contributed by atoms with Crippen LogP contribution in [0.15, 0.2) is 0 Å². The van der Waals surface area contributed by atoms with Gasteiger partial charge in [-0.15, -0.1) is 0 Å². The molecule has 1 unspecified atom stereocenters. The van der Waals surface area contributed by atoms with E-state index in [1.165, 1.54) is 7.11 Å². The van der Waals surface area contributed by atoms with Crippen molar-refractivity contribution >= 4 is 5.97 Å². The van der Waals surface area contributed by atoms with Gasteiger partial charge in [-0.1, -0.05) is 0 Å². The number of carbonyl (C=O) groups excluding carboxylic acids is 1. The molecule has 2 fully saturated rings. The number of rotatable bonds is 1. The summed E-state index contributed by atoms with van der Waals surface area (Å²) < 4.78 is 30.9. The molecule has 2 aliphatic heterocycles. The molecule has 0 aromatic rings. The Kier molecular flexibility index (Phi) is 2.21. The molecule has 0 aliphatic carbocycles. The summed E-state index contributed by atoms with van der Waals surface area (Å²) >= 11 is 0. The predicted octanol–water partition coefficient (Wildman–Crippen LogP) is 0.684. The molecule has 2 heterocycles. The van der Waals surface area contributed by atoms with Crippen LogP contribution in [0.1, 0.15) is 12.8 Å². The number of carbonyl (C=O) groups is 1. The van der Waals surface area contributed by atoms with E-state index in [-0.39, 0.29) is 25.9 Å². The van der Waals surface area contributed by atoms with Crippen molar-refractivity contribution in [3.8, 4) is 0 Å². The monoisotopic (exact) mass is 205 g/mol. The lowest BCUT2D eigenvalue weighted by Gasteiger charge is -2.27. The van der Waals surface area contributed by atoms with Gasteiger partial charge in [0.2, 0.25) is 0 Å². The first-order chi connectivity index (χ1) is 6.58. The molecule has 14 heavy (non-hydrogen) atoms. The van der Waals surface area contributed by atoms with E-state index in [0.29, 0.717) is 0 Å². The molecule has 3 nitrogen and oxygen atoms in total. The summed E-state index contributed by atoms with van der Waals surface area (Å²) in [6, 6.07) is 0. The Morgan fingerprint density at radius 3 is 2.29 bits per heavy atom. The third kappa shape index (κ3) is 1.22.